The van der Waals surface area contributed by atoms with Gasteiger partial charge in [-0.15, -0.1) is 0 Å². The van der Waals surface area contributed by atoms with Gasteiger partial charge >= 0.3 is 0 Å². The lowest BCUT2D eigenvalue weighted by Gasteiger charge is -2.20. The third-order valence-electron chi connectivity index (χ3n) is 4.80. The lowest BCUT2D eigenvalue weighted by atomic mass is 9.98. The number of aromatic hydroxyl groups is 1. The number of aromatic amines is 1. The number of phenolic OH excluding ortho intramolecular Hbond substituents is 1. The zero-order valence-corrected chi connectivity index (χ0v) is 14.4. The molecule has 4 N–H and O–H groups in total. The Morgan fingerprint density at radius 1 is 1.19 bits per heavy atom. The van der Waals surface area contributed by atoms with E-state index in [9.17, 15) is 18.7 Å². The summed E-state index contributed by atoms with van der Waals surface area (Å²) in [5.74, 6) is -3.06. The van der Waals surface area contributed by atoms with Gasteiger partial charge in [0.2, 0.25) is 0 Å². The highest BCUT2D eigenvalue weighted by Crippen LogP contribution is 2.27. The Labute approximate surface area is 153 Å². The maximum absolute atomic E-state index is 13.9. The van der Waals surface area contributed by atoms with E-state index in [1.54, 1.807) is 18.2 Å². The molecule has 1 amide bonds. The number of nitrogens with one attached hydrogen (secondary N) is 3. The van der Waals surface area contributed by atoms with Crippen molar-refractivity contribution in [2.75, 3.05) is 18.4 Å². The van der Waals surface area contributed by atoms with Crippen LogP contribution in [0.2, 0.25) is 0 Å². The molecule has 0 aliphatic carbocycles. The number of aromatic nitrogens is 2. The average Bonchev–Trinajstić information content (AvgIpc) is 3.10. The number of benzene rings is 2. The summed E-state index contributed by atoms with van der Waals surface area (Å²) in [6.45, 7) is 1.91. The largest absolute Gasteiger partial charge is 0.503 e. The van der Waals surface area contributed by atoms with Crippen LogP contribution in [-0.4, -0.2) is 34.1 Å². The molecule has 0 saturated carbocycles. The van der Waals surface area contributed by atoms with Gasteiger partial charge in [0.25, 0.3) is 5.91 Å². The summed E-state index contributed by atoms with van der Waals surface area (Å²) in [5.41, 5.74) is 1.56. The Morgan fingerprint density at radius 2 is 1.96 bits per heavy atom. The van der Waals surface area contributed by atoms with Gasteiger partial charge in [-0.25, -0.2) is 13.8 Å². The monoisotopic (exact) mass is 372 g/mol. The second-order valence-corrected chi connectivity index (χ2v) is 6.59. The van der Waals surface area contributed by atoms with E-state index >= 15 is 0 Å². The zero-order valence-electron chi connectivity index (χ0n) is 14.4. The number of amides is 1. The predicted molar refractivity (Wildman–Crippen MR) is 96.9 cm³/mol. The van der Waals surface area contributed by atoms with E-state index in [-0.39, 0.29) is 0 Å². The van der Waals surface area contributed by atoms with Gasteiger partial charge in [-0.1, -0.05) is 0 Å². The number of H-pyrrole nitrogens is 1. The first-order valence-electron chi connectivity index (χ1n) is 8.71. The Hall–Kier alpha value is -3.00. The number of phenols is 1. The first-order valence-corrected chi connectivity index (χ1v) is 8.71. The number of halogens is 2. The Balaban J connectivity index is 1.57. The third kappa shape index (κ3) is 3.35. The first-order chi connectivity index (χ1) is 13.0. The van der Waals surface area contributed by atoms with Crippen molar-refractivity contribution in [2.24, 2.45) is 0 Å². The van der Waals surface area contributed by atoms with Crippen LogP contribution in [0.3, 0.4) is 0 Å². The van der Waals surface area contributed by atoms with Crippen LogP contribution in [0.4, 0.5) is 14.5 Å². The number of imidazole rings is 1. The molecule has 1 aromatic heterocycles. The molecule has 0 spiro atoms. The molecule has 2 aromatic carbocycles. The van der Waals surface area contributed by atoms with E-state index in [1.807, 2.05) is 0 Å². The molecular weight excluding hydrogens is 354 g/mol. The topological polar surface area (TPSA) is 90.0 Å². The Bertz CT molecular complexity index is 1010. The standard InChI is InChI=1S/C19H18F2N4O2/c20-13-3-2-12(16(21)17(13)26)19(27)23-11-1-4-14-15(9-11)25-18(24-14)10-5-7-22-8-6-10/h1-4,9-10,22,26H,5-8H2,(H,23,27)(H,24,25). The van der Waals surface area contributed by atoms with Crippen LogP contribution in [0.5, 0.6) is 5.75 Å². The highest BCUT2D eigenvalue weighted by Gasteiger charge is 2.20. The van der Waals surface area contributed by atoms with Crippen molar-refractivity contribution in [1.82, 2.24) is 15.3 Å². The van der Waals surface area contributed by atoms with Crippen molar-refractivity contribution >= 4 is 22.6 Å². The van der Waals surface area contributed by atoms with Gasteiger partial charge in [0.15, 0.2) is 17.4 Å². The number of rotatable bonds is 3. The zero-order chi connectivity index (χ0) is 19.0. The fourth-order valence-electron chi connectivity index (χ4n) is 3.31. The Kier molecular flexibility index (Phi) is 4.49. The normalized spacial score (nSPS) is 15.2. The quantitative estimate of drug-likeness (QED) is 0.568. The summed E-state index contributed by atoms with van der Waals surface area (Å²) < 4.78 is 27.0. The number of carbonyl (C=O) groups excluding carboxylic acids is 1. The molecule has 1 aliphatic rings. The van der Waals surface area contributed by atoms with Crippen LogP contribution in [0, 0.1) is 11.6 Å². The highest BCUT2D eigenvalue weighted by atomic mass is 19.1. The molecule has 1 aliphatic heterocycles. The smallest absolute Gasteiger partial charge is 0.258 e. The second kappa shape index (κ2) is 6.96. The van der Waals surface area contributed by atoms with Crippen LogP contribution >= 0.6 is 0 Å². The molecule has 4 rings (SSSR count). The van der Waals surface area contributed by atoms with Crippen molar-refractivity contribution in [3.8, 4) is 5.75 Å². The second-order valence-electron chi connectivity index (χ2n) is 6.59. The summed E-state index contributed by atoms with van der Waals surface area (Å²) in [6, 6.07) is 6.98. The summed E-state index contributed by atoms with van der Waals surface area (Å²) in [4.78, 5) is 20.2. The van der Waals surface area contributed by atoms with E-state index in [0.29, 0.717) is 11.6 Å². The minimum absolute atomic E-state index is 0.368. The van der Waals surface area contributed by atoms with Crippen molar-refractivity contribution in [3.63, 3.8) is 0 Å². The molecule has 1 saturated heterocycles. The molecule has 8 heteroatoms. The van der Waals surface area contributed by atoms with Crippen LogP contribution in [0.25, 0.3) is 11.0 Å². The van der Waals surface area contributed by atoms with Crippen molar-refractivity contribution < 1.29 is 18.7 Å². The summed E-state index contributed by atoms with van der Waals surface area (Å²) in [7, 11) is 0. The molecule has 0 bridgehead atoms. The number of hydrogen-bond donors (Lipinski definition) is 4. The third-order valence-corrected chi connectivity index (χ3v) is 4.80. The highest BCUT2D eigenvalue weighted by molar-refractivity contribution is 6.05. The molecule has 2 heterocycles. The number of anilines is 1. The number of hydrogen-bond acceptors (Lipinski definition) is 4. The van der Waals surface area contributed by atoms with Gasteiger partial charge < -0.3 is 20.7 Å². The predicted octanol–water partition coefficient (Wildman–Crippen LogP) is 3.27. The fourth-order valence-corrected chi connectivity index (χ4v) is 3.31. The molecule has 3 aromatic rings. The van der Waals surface area contributed by atoms with Crippen LogP contribution in [0.15, 0.2) is 30.3 Å². The molecule has 140 valence electrons. The molecule has 27 heavy (non-hydrogen) atoms. The summed E-state index contributed by atoms with van der Waals surface area (Å²) >= 11 is 0. The number of piperidine rings is 1. The molecule has 0 radical (unpaired) electrons. The van der Waals surface area contributed by atoms with Gasteiger partial charge in [-0.2, -0.15) is 0 Å². The van der Waals surface area contributed by atoms with Gasteiger partial charge in [-0.3, -0.25) is 4.79 Å². The maximum Gasteiger partial charge on any atom is 0.258 e. The number of fused-ring (bicyclic) bond motifs is 1. The number of nitrogens with zero attached hydrogens (tertiary/aromatic N) is 1. The van der Waals surface area contributed by atoms with Gasteiger partial charge in [-0.05, 0) is 56.3 Å². The SMILES string of the molecule is O=C(Nc1ccc2nc(C3CCNCC3)[nH]c2c1)c1ccc(F)c(O)c1F. The van der Waals surface area contributed by atoms with Crippen molar-refractivity contribution in [2.45, 2.75) is 18.8 Å². The minimum Gasteiger partial charge on any atom is -0.503 e. The van der Waals surface area contributed by atoms with Crippen molar-refractivity contribution in [3.05, 3.63) is 53.4 Å². The first kappa shape index (κ1) is 17.4. The van der Waals surface area contributed by atoms with E-state index in [2.05, 4.69) is 20.6 Å². The molecule has 6 nitrogen and oxygen atoms in total. The van der Waals surface area contributed by atoms with Crippen LogP contribution in [0.1, 0.15) is 34.9 Å². The van der Waals surface area contributed by atoms with Gasteiger partial charge in [0.05, 0.1) is 16.6 Å². The molecule has 1 fully saturated rings. The van der Waals surface area contributed by atoms with Gasteiger partial charge in [0, 0.05) is 11.6 Å². The van der Waals surface area contributed by atoms with E-state index in [4.69, 9.17) is 0 Å². The number of carbonyl (C=O) groups is 1. The molecule has 0 unspecified atom stereocenters. The van der Waals surface area contributed by atoms with Gasteiger partial charge in [0.1, 0.15) is 5.82 Å². The lowest BCUT2D eigenvalue weighted by Crippen LogP contribution is -2.27. The maximum atomic E-state index is 13.9. The van der Waals surface area contributed by atoms with E-state index in [0.717, 1.165) is 54.9 Å². The Morgan fingerprint density at radius 3 is 2.74 bits per heavy atom. The molecular formula is C19H18F2N4O2. The fraction of sp³-hybridized carbons (Fsp3) is 0.263. The van der Waals surface area contributed by atoms with Crippen LogP contribution in [-0.2, 0) is 0 Å². The lowest BCUT2D eigenvalue weighted by molar-refractivity contribution is 0.102. The van der Waals surface area contributed by atoms with Crippen molar-refractivity contribution in [1.29, 1.82) is 0 Å². The summed E-state index contributed by atoms with van der Waals surface area (Å²) in [6.07, 6.45) is 2.02. The molecule has 0 atom stereocenters. The summed E-state index contributed by atoms with van der Waals surface area (Å²) in [5, 5.41) is 15.2. The van der Waals surface area contributed by atoms with E-state index in [1.165, 1.54) is 0 Å². The van der Waals surface area contributed by atoms with E-state index < -0.39 is 28.9 Å². The average molecular weight is 372 g/mol. The minimum atomic E-state index is -1.29. The van der Waals surface area contributed by atoms with Crippen LogP contribution < -0.4 is 10.6 Å².